The normalized spacial score (nSPS) is 23.4. The number of hydrogen-bond donors (Lipinski definition) is 2. The predicted molar refractivity (Wildman–Crippen MR) is 60.4 cm³/mol. The number of halogens is 3. The highest BCUT2D eigenvalue weighted by molar-refractivity contribution is 5.82. The first-order valence-corrected chi connectivity index (χ1v) is 5.64. The minimum atomic E-state index is -4.87. The molecule has 0 aromatic rings. The van der Waals surface area contributed by atoms with Crippen LogP contribution in [-0.2, 0) is 9.59 Å². The average molecular weight is 280 g/mol. The SMILES string of the molecule is C=CCNCC(=O)N1CCC(C(=O)O)(C(F)(F)F)C1. The monoisotopic (exact) mass is 280 g/mol. The molecule has 1 saturated heterocycles. The highest BCUT2D eigenvalue weighted by Crippen LogP contribution is 2.45. The Kier molecular flexibility index (Phi) is 4.56. The van der Waals surface area contributed by atoms with E-state index in [4.69, 9.17) is 5.11 Å². The Morgan fingerprint density at radius 3 is 2.53 bits per heavy atom. The van der Waals surface area contributed by atoms with Crippen LogP contribution in [0, 0.1) is 5.41 Å². The van der Waals surface area contributed by atoms with E-state index in [-0.39, 0.29) is 13.1 Å². The van der Waals surface area contributed by atoms with Gasteiger partial charge in [0, 0.05) is 19.6 Å². The Morgan fingerprint density at radius 1 is 1.47 bits per heavy atom. The van der Waals surface area contributed by atoms with Crippen molar-refractivity contribution in [2.24, 2.45) is 5.41 Å². The first-order valence-electron chi connectivity index (χ1n) is 5.64. The van der Waals surface area contributed by atoms with Crippen molar-refractivity contribution in [3.63, 3.8) is 0 Å². The summed E-state index contributed by atoms with van der Waals surface area (Å²) in [5, 5.41) is 11.5. The molecule has 1 heterocycles. The number of carboxylic acid groups (broad SMARTS) is 1. The first kappa shape index (κ1) is 15.5. The lowest BCUT2D eigenvalue weighted by Gasteiger charge is -2.27. The molecule has 5 nitrogen and oxygen atoms in total. The lowest BCUT2D eigenvalue weighted by molar-refractivity contribution is -0.227. The number of alkyl halides is 3. The highest BCUT2D eigenvalue weighted by Gasteiger charge is 2.64. The quantitative estimate of drug-likeness (QED) is 0.572. The molecule has 1 aliphatic heterocycles. The van der Waals surface area contributed by atoms with Crippen LogP contribution in [0.1, 0.15) is 6.42 Å². The summed E-state index contributed by atoms with van der Waals surface area (Å²) < 4.78 is 38.6. The van der Waals surface area contributed by atoms with Gasteiger partial charge in [-0.25, -0.2) is 0 Å². The Balaban J connectivity index is 2.72. The molecule has 0 spiro atoms. The van der Waals surface area contributed by atoms with Gasteiger partial charge in [-0.2, -0.15) is 13.2 Å². The minimum absolute atomic E-state index is 0.139. The van der Waals surface area contributed by atoms with Crippen LogP contribution in [-0.4, -0.2) is 54.2 Å². The first-order chi connectivity index (χ1) is 8.74. The van der Waals surface area contributed by atoms with Crippen LogP contribution in [0.15, 0.2) is 12.7 Å². The van der Waals surface area contributed by atoms with Crippen LogP contribution in [0.5, 0.6) is 0 Å². The van der Waals surface area contributed by atoms with Gasteiger partial charge < -0.3 is 15.3 Å². The number of rotatable bonds is 5. The number of carbonyl (C=O) groups excluding carboxylic acids is 1. The maximum Gasteiger partial charge on any atom is 0.406 e. The molecule has 0 saturated carbocycles. The number of nitrogens with one attached hydrogen (secondary N) is 1. The van der Waals surface area contributed by atoms with Crippen molar-refractivity contribution in [2.75, 3.05) is 26.2 Å². The summed E-state index contributed by atoms with van der Waals surface area (Å²) in [4.78, 5) is 23.5. The van der Waals surface area contributed by atoms with Gasteiger partial charge in [-0.3, -0.25) is 9.59 Å². The number of nitrogens with zero attached hydrogens (tertiary/aromatic N) is 1. The smallest absolute Gasteiger partial charge is 0.406 e. The molecule has 0 aromatic heterocycles. The molecule has 0 aliphatic carbocycles. The van der Waals surface area contributed by atoms with Crippen molar-refractivity contribution in [3.8, 4) is 0 Å². The molecule has 2 N–H and O–H groups in total. The summed E-state index contributed by atoms with van der Waals surface area (Å²) >= 11 is 0. The Labute approximate surface area is 108 Å². The molecule has 1 rings (SSSR count). The molecule has 19 heavy (non-hydrogen) atoms. The molecule has 1 fully saturated rings. The number of likely N-dealkylation sites (tertiary alicyclic amines) is 1. The predicted octanol–water partition coefficient (Wildman–Crippen LogP) is 0.628. The summed E-state index contributed by atoms with van der Waals surface area (Å²) in [6.45, 7) is 2.59. The maximum absolute atomic E-state index is 12.9. The Hall–Kier alpha value is -1.57. The minimum Gasteiger partial charge on any atom is -0.481 e. The molecule has 1 atom stereocenters. The van der Waals surface area contributed by atoms with Crippen molar-refractivity contribution < 1.29 is 27.9 Å². The number of carboxylic acids is 1. The van der Waals surface area contributed by atoms with E-state index in [1.165, 1.54) is 6.08 Å². The third-order valence-electron chi connectivity index (χ3n) is 3.14. The molecule has 1 amide bonds. The molecule has 1 aliphatic rings. The Bertz CT molecular complexity index is 384. The van der Waals surface area contributed by atoms with Gasteiger partial charge in [0.05, 0.1) is 6.54 Å². The summed E-state index contributed by atoms with van der Waals surface area (Å²) in [7, 11) is 0. The maximum atomic E-state index is 12.9. The largest absolute Gasteiger partial charge is 0.481 e. The molecular formula is C11H15F3N2O3. The molecule has 0 bridgehead atoms. The van der Waals surface area contributed by atoms with Gasteiger partial charge in [0.2, 0.25) is 5.91 Å². The van der Waals surface area contributed by atoms with Crippen LogP contribution >= 0.6 is 0 Å². The van der Waals surface area contributed by atoms with Gasteiger partial charge in [0.1, 0.15) is 0 Å². The van der Waals surface area contributed by atoms with E-state index in [0.29, 0.717) is 6.54 Å². The second kappa shape index (κ2) is 5.60. The zero-order chi connectivity index (χ0) is 14.7. The molecule has 0 radical (unpaired) electrons. The van der Waals surface area contributed by atoms with Crippen LogP contribution in [0.3, 0.4) is 0 Å². The van der Waals surface area contributed by atoms with Gasteiger partial charge in [-0.1, -0.05) is 6.08 Å². The lowest BCUT2D eigenvalue weighted by atomic mass is 9.86. The van der Waals surface area contributed by atoms with E-state index in [1.807, 2.05) is 0 Å². The van der Waals surface area contributed by atoms with Gasteiger partial charge in [0.25, 0.3) is 0 Å². The highest BCUT2D eigenvalue weighted by atomic mass is 19.4. The van der Waals surface area contributed by atoms with E-state index in [2.05, 4.69) is 11.9 Å². The molecule has 1 unspecified atom stereocenters. The van der Waals surface area contributed by atoms with Crippen LogP contribution in [0.2, 0.25) is 0 Å². The Morgan fingerprint density at radius 2 is 2.11 bits per heavy atom. The zero-order valence-electron chi connectivity index (χ0n) is 10.2. The molecule has 8 heteroatoms. The second-order valence-electron chi connectivity index (χ2n) is 4.37. The van der Waals surface area contributed by atoms with Crippen molar-refractivity contribution in [3.05, 3.63) is 12.7 Å². The standard InChI is InChI=1S/C11H15F3N2O3/c1-2-4-15-6-8(17)16-5-3-10(7-16,9(18)19)11(12,13)14/h2,15H,1,3-7H2,(H,18,19). The fraction of sp³-hybridized carbons (Fsp3) is 0.636. The van der Waals surface area contributed by atoms with Crippen molar-refractivity contribution >= 4 is 11.9 Å². The molecular weight excluding hydrogens is 265 g/mol. The van der Waals surface area contributed by atoms with Gasteiger partial charge >= 0.3 is 12.1 Å². The third kappa shape index (κ3) is 3.06. The number of hydrogen-bond acceptors (Lipinski definition) is 3. The summed E-state index contributed by atoms with van der Waals surface area (Å²) in [6, 6.07) is 0. The van der Waals surface area contributed by atoms with Gasteiger partial charge in [-0.15, -0.1) is 6.58 Å². The average Bonchev–Trinajstić information content (AvgIpc) is 2.74. The number of carbonyl (C=O) groups is 2. The van der Waals surface area contributed by atoms with E-state index >= 15 is 0 Å². The lowest BCUT2D eigenvalue weighted by Crippen LogP contribution is -2.48. The third-order valence-corrected chi connectivity index (χ3v) is 3.14. The van der Waals surface area contributed by atoms with Crippen LogP contribution < -0.4 is 5.32 Å². The summed E-state index contributed by atoms with van der Waals surface area (Å²) in [6.07, 6.45) is -3.98. The van der Waals surface area contributed by atoms with E-state index < -0.39 is 36.4 Å². The fourth-order valence-corrected chi connectivity index (χ4v) is 1.94. The van der Waals surface area contributed by atoms with E-state index in [0.717, 1.165) is 4.90 Å². The van der Waals surface area contributed by atoms with Gasteiger partial charge in [0.15, 0.2) is 5.41 Å². The number of amides is 1. The number of aliphatic carboxylic acids is 1. The van der Waals surface area contributed by atoms with Gasteiger partial charge in [-0.05, 0) is 6.42 Å². The summed E-state index contributed by atoms with van der Waals surface area (Å²) in [5.41, 5.74) is -2.85. The zero-order valence-corrected chi connectivity index (χ0v) is 10.2. The summed E-state index contributed by atoms with van der Waals surface area (Å²) in [5.74, 6) is -2.48. The topological polar surface area (TPSA) is 69.6 Å². The van der Waals surface area contributed by atoms with Crippen LogP contribution in [0.4, 0.5) is 13.2 Å². The molecule has 108 valence electrons. The van der Waals surface area contributed by atoms with Crippen molar-refractivity contribution in [1.82, 2.24) is 10.2 Å². The fourth-order valence-electron chi connectivity index (χ4n) is 1.94. The molecule has 0 aromatic carbocycles. The van der Waals surface area contributed by atoms with Crippen LogP contribution in [0.25, 0.3) is 0 Å². The second-order valence-corrected chi connectivity index (χ2v) is 4.37. The van der Waals surface area contributed by atoms with E-state index in [9.17, 15) is 22.8 Å². The van der Waals surface area contributed by atoms with Crippen molar-refractivity contribution in [1.29, 1.82) is 0 Å². The van der Waals surface area contributed by atoms with Crippen molar-refractivity contribution in [2.45, 2.75) is 12.6 Å². The van der Waals surface area contributed by atoms with E-state index in [1.54, 1.807) is 0 Å².